The number of aromatic nitrogens is 1. The van der Waals surface area contributed by atoms with Gasteiger partial charge in [0.2, 0.25) is 0 Å². The maximum Gasteiger partial charge on any atom is 0.282 e. The first-order valence-corrected chi connectivity index (χ1v) is 9.08. The molecule has 2 heterocycles. The topological polar surface area (TPSA) is 54.3 Å². The molecule has 0 radical (unpaired) electrons. The van der Waals surface area contributed by atoms with Gasteiger partial charge in [0.25, 0.3) is 11.8 Å². The normalized spacial score (nSPS) is 15.8. The van der Waals surface area contributed by atoms with Gasteiger partial charge in [-0.2, -0.15) is 0 Å². The van der Waals surface area contributed by atoms with Crippen LogP contribution in [0.25, 0.3) is 17.0 Å². The summed E-state index contributed by atoms with van der Waals surface area (Å²) in [5.74, 6) is -0.821. The molecule has 1 fully saturated rings. The maximum absolute atomic E-state index is 12.9. The maximum atomic E-state index is 12.9. The number of fused-ring (bicyclic) bond motifs is 1. The molecule has 27 heavy (non-hydrogen) atoms. The number of rotatable bonds is 3. The molecule has 136 valence electrons. The van der Waals surface area contributed by atoms with E-state index in [2.05, 4.69) is 16.9 Å². The zero-order valence-electron chi connectivity index (χ0n) is 15.0. The minimum atomic E-state index is -0.426. The van der Waals surface area contributed by atoms with E-state index in [1.807, 2.05) is 43.5 Å². The quantitative estimate of drug-likeness (QED) is 0.550. The van der Waals surface area contributed by atoms with Crippen LogP contribution in [0.5, 0.6) is 0 Å². The number of amides is 2. The van der Waals surface area contributed by atoms with Gasteiger partial charge in [0.05, 0.1) is 5.69 Å². The fourth-order valence-corrected chi connectivity index (χ4v) is 3.44. The van der Waals surface area contributed by atoms with Crippen molar-refractivity contribution in [1.29, 1.82) is 0 Å². The zero-order chi connectivity index (χ0) is 19.1. The Morgan fingerprint density at radius 3 is 2.67 bits per heavy atom. The van der Waals surface area contributed by atoms with E-state index < -0.39 is 11.8 Å². The highest BCUT2D eigenvalue weighted by molar-refractivity contribution is 6.33. The highest BCUT2D eigenvalue weighted by Crippen LogP contribution is 2.28. The van der Waals surface area contributed by atoms with Gasteiger partial charge < -0.3 is 4.57 Å². The molecule has 3 aromatic rings. The van der Waals surface area contributed by atoms with Crippen molar-refractivity contribution in [1.82, 2.24) is 9.99 Å². The molecule has 2 aromatic carbocycles. The van der Waals surface area contributed by atoms with Gasteiger partial charge >= 0.3 is 0 Å². The molecule has 1 N–H and O–H groups in total. The minimum absolute atomic E-state index is 0.103. The molecule has 0 bridgehead atoms. The van der Waals surface area contributed by atoms with Crippen LogP contribution < -0.4 is 10.4 Å². The van der Waals surface area contributed by atoms with E-state index in [9.17, 15) is 9.59 Å². The Labute approximate surface area is 161 Å². The van der Waals surface area contributed by atoms with Crippen molar-refractivity contribution >= 4 is 46.1 Å². The Hall–Kier alpha value is -3.05. The molecule has 1 aliphatic rings. The number of halogens is 1. The van der Waals surface area contributed by atoms with Crippen molar-refractivity contribution in [2.24, 2.45) is 0 Å². The lowest BCUT2D eigenvalue weighted by Gasteiger charge is -2.15. The fraction of sp³-hybridized carbons (Fsp3) is 0.143. The first-order valence-electron chi connectivity index (χ1n) is 8.70. The lowest BCUT2D eigenvalue weighted by atomic mass is 10.1. The molecule has 0 aliphatic carbocycles. The van der Waals surface area contributed by atoms with E-state index in [4.69, 9.17) is 11.6 Å². The monoisotopic (exact) mass is 379 g/mol. The summed E-state index contributed by atoms with van der Waals surface area (Å²) >= 11 is 6.16. The summed E-state index contributed by atoms with van der Waals surface area (Å²) < 4.78 is 2.09. The first kappa shape index (κ1) is 17.4. The van der Waals surface area contributed by atoms with Gasteiger partial charge in [0, 0.05) is 34.2 Å². The van der Waals surface area contributed by atoms with Crippen LogP contribution in [0.4, 0.5) is 5.69 Å². The molecule has 6 heteroatoms. The van der Waals surface area contributed by atoms with Crippen LogP contribution in [0.15, 0.2) is 54.2 Å². The van der Waals surface area contributed by atoms with Crippen LogP contribution in [-0.4, -0.2) is 16.4 Å². The van der Waals surface area contributed by atoms with Crippen LogP contribution in [-0.2, 0) is 16.1 Å². The second-order valence-corrected chi connectivity index (χ2v) is 6.87. The van der Waals surface area contributed by atoms with E-state index in [-0.39, 0.29) is 5.57 Å². The molecule has 1 aromatic heterocycles. The second kappa shape index (κ2) is 6.59. The van der Waals surface area contributed by atoms with Crippen molar-refractivity contribution in [2.45, 2.75) is 20.4 Å². The number of carbonyl (C=O) groups excluding carboxylic acids is 2. The van der Waals surface area contributed by atoms with Crippen molar-refractivity contribution in [2.75, 3.05) is 5.01 Å². The molecule has 0 spiro atoms. The molecular formula is C21H18ClN3O2. The number of benzene rings is 2. The van der Waals surface area contributed by atoms with Crippen LogP contribution in [0, 0.1) is 6.92 Å². The Balaban J connectivity index is 1.75. The molecular weight excluding hydrogens is 362 g/mol. The van der Waals surface area contributed by atoms with Gasteiger partial charge in [-0.05, 0) is 43.7 Å². The number of nitrogens with one attached hydrogen (secondary N) is 1. The number of anilines is 1. The number of para-hydroxylation sites is 1. The van der Waals surface area contributed by atoms with Gasteiger partial charge in [-0.25, -0.2) is 5.01 Å². The summed E-state index contributed by atoms with van der Waals surface area (Å²) in [5.41, 5.74) is 6.07. The van der Waals surface area contributed by atoms with Crippen molar-refractivity contribution < 1.29 is 9.59 Å². The molecule has 0 atom stereocenters. The summed E-state index contributed by atoms with van der Waals surface area (Å²) in [5, 5.41) is 2.78. The van der Waals surface area contributed by atoms with E-state index in [1.165, 1.54) is 5.01 Å². The Kier molecular flexibility index (Phi) is 4.24. The summed E-state index contributed by atoms with van der Waals surface area (Å²) in [6, 6.07) is 13.2. The summed E-state index contributed by atoms with van der Waals surface area (Å²) in [7, 11) is 0. The van der Waals surface area contributed by atoms with Gasteiger partial charge in [0.15, 0.2) is 0 Å². The van der Waals surface area contributed by atoms with E-state index in [0.717, 1.165) is 28.6 Å². The number of carbonyl (C=O) groups is 2. The van der Waals surface area contributed by atoms with Gasteiger partial charge in [-0.1, -0.05) is 35.9 Å². The number of aryl methyl sites for hydroxylation is 2. The third-order valence-electron chi connectivity index (χ3n) is 4.77. The molecule has 4 rings (SSSR count). The van der Waals surface area contributed by atoms with Crippen LogP contribution in [0.2, 0.25) is 5.02 Å². The SMILES string of the molecule is CCn1cc(C=C2C(=O)NN(c3ccc(C)c(Cl)c3)C2=O)c2ccccc21. The highest BCUT2D eigenvalue weighted by atomic mass is 35.5. The van der Waals surface area contributed by atoms with Crippen LogP contribution in [0.3, 0.4) is 0 Å². The number of hydrazine groups is 1. The van der Waals surface area contributed by atoms with Crippen molar-refractivity contribution in [3.63, 3.8) is 0 Å². The number of hydrogen-bond donors (Lipinski definition) is 1. The average molecular weight is 380 g/mol. The lowest BCUT2D eigenvalue weighted by molar-refractivity contribution is -0.117. The Morgan fingerprint density at radius 2 is 1.93 bits per heavy atom. The predicted molar refractivity (Wildman–Crippen MR) is 107 cm³/mol. The molecule has 2 amide bonds. The predicted octanol–water partition coefficient (Wildman–Crippen LogP) is 4.08. The summed E-state index contributed by atoms with van der Waals surface area (Å²) in [6.45, 7) is 4.74. The third-order valence-corrected chi connectivity index (χ3v) is 5.17. The average Bonchev–Trinajstić information content (AvgIpc) is 3.16. The lowest BCUT2D eigenvalue weighted by Crippen LogP contribution is -2.35. The van der Waals surface area contributed by atoms with Gasteiger partial charge in [-0.15, -0.1) is 0 Å². The highest BCUT2D eigenvalue weighted by Gasteiger charge is 2.34. The molecule has 0 unspecified atom stereocenters. The smallest absolute Gasteiger partial charge is 0.282 e. The Morgan fingerprint density at radius 1 is 1.15 bits per heavy atom. The second-order valence-electron chi connectivity index (χ2n) is 6.46. The van der Waals surface area contributed by atoms with E-state index in [0.29, 0.717) is 10.7 Å². The zero-order valence-corrected chi connectivity index (χ0v) is 15.7. The standard InChI is InChI=1S/C21H18ClN3O2/c1-3-24-12-14(16-6-4-5-7-19(16)24)10-17-20(26)23-25(21(17)27)15-9-8-13(2)18(22)11-15/h4-12H,3H2,1-2H3,(H,23,26). The van der Waals surface area contributed by atoms with Crippen molar-refractivity contribution in [3.05, 3.63) is 70.4 Å². The van der Waals surface area contributed by atoms with E-state index in [1.54, 1.807) is 18.2 Å². The Bertz CT molecular complexity index is 1110. The van der Waals surface area contributed by atoms with Crippen LogP contribution in [0.1, 0.15) is 18.1 Å². The van der Waals surface area contributed by atoms with Gasteiger partial charge in [0.1, 0.15) is 5.57 Å². The molecule has 1 aliphatic heterocycles. The summed E-state index contributed by atoms with van der Waals surface area (Å²) in [6.07, 6.45) is 3.62. The molecule has 0 saturated carbocycles. The van der Waals surface area contributed by atoms with Crippen molar-refractivity contribution in [3.8, 4) is 0 Å². The third kappa shape index (κ3) is 2.90. The number of hydrogen-bond acceptors (Lipinski definition) is 2. The molecule has 1 saturated heterocycles. The van der Waals surface area contributed by atoms with E-state index >= 15 is 0 Å². The summed E-state index contributed by atoms with van der Waals surface area (Å²) in [4.78, 5) is 25.3. The molecule has 5 nitrogen and oxygen atoms in total. The van der Waals surface area contributed by atoms with Crippen LogP contribution >= 0.6 is 11.6 Å². The fourth-order valence-electron chi connectivity index (χ4n) is 3.27. The minimum Gasteiger partial charge on any atom is -0.347 e. The first-order chi connectivity index (χ1) is 13.0. The largest absolute Gasteiger partial charge is 0.347 e. The van der Waals surface area contributed by atoms with Gasteiger partial charge in [-0.3, -0.25) is 15.0 Å². The number of nitrogens with zero attached hydrogens (tertiary/aromatic N) is 2.